The molecule has 0 heterocycles. The second-order valence-corrected chi connectivity index (χ2v) is 7.55. The van der Waals surface area contributed by atoms with Gasteiger partial charge >= 0.3 is 5.97 Å². The number of sulfonamides is 1. The third-order valence-corrected chi connectivity index (χ3v) is 6.11. The molecule has 2 saturated carbocycles. The van der Waals surface area contributed by atoms with Crippen LogP contribution in [-0.4, -0.2) is 32.3 Å². The zero-order chi connectivity index (χ0) is 14.0. The van der Waals surface area contributed by atoms with Gasteiger partial charge in [0.05, 0.1) is 17.8 Å². The quantitative estimate of drug-likeness (QED) is 0.751. The van der Waals surface area contributed by atoms with Crippen LogP contribution in [0.1, 0.15) is 46.0 Å². The molecule has 0 aromatic heterocycles. The molecule has 6 heteroatoms. The van der Waals surface area contributed by atoms with Gasteiger partial charge in [-0.05, 0) is 38.5 Å². The Morgan fingerprint density at radius 1 is 1.26 bits per heavy atom. The van der Waals surface area contributed by atoms with E-state index in [2.05, 4.69) is 4.72 Å². The number of hydrogen-bond acceptors (Lipinski definition) is 4. The van der Waals surface area contributed by atoms with Gasteiger partial charge in [0.1, 0.15) is 0 Å². The second kappa shape index (κ2) is 5.79. The van der Waals surface area contributed by atoms with Gasteiger partial charge in [-0.1, -0.05) is 13.3 Å². The Morgan fingerprint density at radius 2 is 1.95 bits per heavy atom. The maximum absolute atomic E-state index is 11.9. The highest BCUT2D eigenvalue weighted by Gasteiger charge is 2.43. The number of carbonyl (C=O) groups excluding carboxylic acids is 1. The van der Waals surface area contributed by atoms with Gasteiger partial charge in [-0.15, -0.1) is 0 Å². The first-order valence-electron chi connectivity index (χ1n) is 7.15. The van der Waals surface area contributed by atoms with Crippen molar-refractivity contribution in [3.8, 4) is 0 Å². The molecule has 2 rings (SSSR count). The third-order valence-electron chi connectivity index (χ3n) is 4.10. The van der Waals surface area contributed by atoms with Crippen molar-refractivity contribution < 1.29 is 17.9 Å². The normalized spacial score (nSPS) is 31.4. The lowest BCUT2D eigenvalue weighted by molar-refractivity contribution is -0.149. The van der Waals surface area contributed by atoms with Crippen LogP contribution in [0.3, 0.4) is 0 Å². The van der Waals surface area contributed by atoms with Crippen LogP contribution >= 0.6 is 0 Å². The van der Waals surface area contributed by atoms with E-state index in [1.54, 1.807) is 6.92 Å². The van der Waals surface area contributed by atoms with E-state index >= 15 is 0 Å². The minimum Gasteiger partial charge on any atom is -0.466 e. The average molecular weight is 289 g/mol. The molecule has 0 amide bonds. The number of ether oxygens (including phenoxy) is 1. The smallest absolute Gasteiger partial charge is 0.309 e. The summed E-state index contributed by atoms with van der Waals surface area (Å²) in [6.45, 7) is 4.21. The van der Waals surface area contributed by atoms with Crippen molar-refractivity contribution in [2.45, 2.75) is 57.2 Å². The molecule has 0 saturated heterocycles. The molecule has 110 valence electrons. The van der Waals surface area contributed by atoms with Gasteiger partial charge in [0.25, 0.3) is 0 Å². The van der Waals surface area contributed by atoms with Crippen molar-refractivity contribution in [2.75, 3.05) is 6.61 Å². The van der Waals surface area contributed by atoms with Crippen molar-refractivity contribution in [1.29, 1.82) is 0 Å². The highest BCUT2D eigenvalue weighted by molar-refractivity contribution is 7.90. The molecule has 0 unspecified atom stereocenters. The SMILES string of the molecule is CCOC(=O)[C@H]1C[C@@H](NS(=O)(=O)C2CC2)C[C@H]1CC. The molecule has 0 aliphatic heterocycles. The van der Waals surface area contributed by atoms with Crippen LogP contribution in [0.4, 0.5) is 0 Å². The molecule has 2 aliphatic rings. The van der Waals surface area contributed by atoms with Crippen LogP contribution in [0.25, 0.3) is 0 Å². The van der Waals surface area contributed by atoms with E-state index < -0.39 is 10.0 Å². The molecule has 2 fully saturated rings. The summed E-state index contributed by atoms with van der Waals surface area (Å²) in [6.07, 6.45) is 3.72. The third kappa shape index (κ3) is 3.48. The van der Waals surface area contributed by atoms with E-state index in [0.717, 1.165) is 25.7 Å². The molecule has 3 atom stereocenters. The highest BCUT2D eigenvalue weighted by atomic mass is 32.2. The highest BCUT2D eigenvalue weighted by Crippen LogP contribution is 2.37. The summed E-state index contributed by atoms with van der Waals surface area (Å²) >= 11 is 0. The van der Waals surface area contributed by atoms with E-state index in [1.807, 2.05) is 6.92 Å². The standard InChI is InChI=1S/C13H23NO4S/c1-3-9-7-10(8-12(9)13(15)18-4-2)14-19(16,17)11-5-6-11/h9-12,14H,3-8H2,1-2H3/t9-,10+,12+/m1/s1. The van der Waals surface area contributed by atoms with Gasteiger partial charge in [-0.2, -0.15) is 0 Å². The van der Waals surface area contributed by atoms with Gasteiger partial charge < -0.3 is 4.74 Å². The molecule has 0 spiro atoms. The van der Waals surface area contributed by atoms with Crippen molar-refractivity contribution in [1.82, 2.24) is 4.72 Å². The molecule has 5 nitrogen and oxygen atoms in total. The fourth-order valence-electron chi connectivity index (χ4n) is 2.92. The minimum atomic E-state index is -3.17. The van der Waals surface area contributed by atoms with Crippen LogP contribution in [0.5, 0.6) is 0 Å². The first-order chi connectivity index (χ1) is 8.97. The van der Waals surface area contributed by atoms with Gasteiger partial charge in [-0.3, -0.25) is 4.79 Å². The molecule has 19 heavy (non-hydrogen) atoms. The van der Waals surface area contributed by atoms with Gasteiger partial charge in [0, 0.05) is 6.04 Å². The lowest BCUT2D eigenvalue weighted by Crippen LogP contribution is -2.35. The average Bonchev–Trinajstić information content (AvgIpc) is 3.12. The number of hydrogen-bond donors (Lipinski definition) is 1. The van der Waals surface area contributed by atoms with Crippen molar-refractivity contribution in [3.05, 3.63) is 0 Å². The lowest BCUT2D eigenvalue weighted by Gasteiger charge is -2.15. The Balaban J connectivity index is 1.96. The Bertz CT molecular complexity index is 430. The van der Waals surface area contributed by atoms with Crippen LogP contribution in [-0.2, 0) is 19.6 Å². The van der Waals surface area contributed by atoms with Crippen molar-refractivity contribution in [3.63, 3.8) is 0 Å². The summed E-state index contributed by atoms with van der Waals surface area (Å²) in [4.78, 5) is 11.9. The molecule has 0 aromatic rings. The zero-order valence-electron chi connectivity index (χ0n) is 11.6. The van der Waals surface area contributed by atoms with Crippen molar-refractivity contribution >= 4 is 16.0 Å². The topological polar surface area (TPSA) is 72.5 Å². The molecule has 2 aliphatic carbocycles. The first kappa shape index (κ1) is 14.8. The Labute approximate surface area is 115 Å². The van der Waals surface area contributed by atoms with E-state index in [9.17, 15) is 13.2 Å². The summed E-state index contributed by atoms with van der Waals surface area (Å²) in [7, 11) is -3.17. The molecule has 1 N–H and O–H groups in total. The number of nitrogens with one attached hydrogen (secondary N) is 1. The fourth-order valence-corrected chi connectivity index (χ4v) is 4.52. The maximum atomic E-state index is 11.9. The lowest BCUT2D eigenvalue weighted by atomic mass is 9.94. The van der Waals surface area contributed by atoms with E-state index in [1.165, 1.54) is 0 Å². The number of esters is 1. The Hall–Kier alpha value is -0.620. The predicted molar refractivity (Wildman–Crippen MR) is 72.0 cm³/mol. The summed E-state index contributed by atoms with van der Waals surface area (Å²) in [6, 6.07) is -0.107. The first-order valence-corrected chi connectivity index (χ1v) is 8.70. The molecule has 0 aromatic carbocycles. The Morgan fingerprint density at radius 3 is 2.47 bits per heavy atom. The van der Waals surface area contributed by atoms with Gasteiger partial charge in [-0.25, -0.2) is 13.1 Å². The summed E-state index contributed by atoms with van der Waals surface area (Å²) < 4.78 is 31.7. The number of rotatable bonds is 6. The fraction of sp³-hybridized carbons (Fsp3) is 0.923. The number of carbonyl (C=O) groups is 1. The molecular formula is C13H23NO4S. The van der Waals surface area contributed by atoms with Crippen LogP contribution in [0, 0.1) is 11.8 Å². The zero-order valence-corrected chi connectivity index (χ0v) is 12.4. The monoisotopic (exact) mass is 289 g/mol. The van der Waals surface area contributed by atoms with Crippen LogP contribution < -0.4 is 4.72 Å². The molecule has 0 bridgehead atoms. The van der Waals surface area contributed by atoms with E-state index in [-0.39, 0.29) is 29.1 Å². The largest absolute Gasteiger partial charge is 0.466 e. The summed E-state index contributed by atoms with van der Waals surface area (Å²) in [5, 5.41) is -0.200. The van der Waals surface area contributed by atoms with Crippen molar-refractivity contribution in [2.24, 2.45) is 11.8 Å². The Kier molecular flexibility index (Phi) is 4.50. The van der Waals surface area contributed by atoms with E-state index in [0.29, 0.717) is 13.0 Å². The van der Waals surface area contributed by atoms with Gasteiger partial charge in [0.2, 0.25) is 10.0 Å². The summed E-state index contributed by atoms with van der Waals surface area (Å²) in [5.74, 6) is -0.106. The van der Waals surface area contributed by atoms with Gasteiger partial charge in [0.15, 0.2) is 0 Å². The maximum Gasteiger partial charge on any atom is 0.309 e. The molecule has 0 radical (unpaired) electrons. The predicted octanol–water partition coefficient (Wildman–Crippen LogP) is 1.44. The minimum absolute atomic E-state index is 0.107. The van der Waals surface area contributed by atoms with Crippen LogP contribution in [0.2, 0.25) is 0 Å². The second-order valence-electron chi connectivity index (χ2n) is 5.56. The van der Waals surface area contributed by atoms with E-state index in [4.69, 9.17) is 4.74 Å². The molecular weight excluding hydrogens is 266 g/mol. The van der Waals surface area contributed by atoms with Crippen LogP contribution in [0.15, 0.2) is 0 Å². The summed E-state index contributed by atoms with van der Waals surface area (Å²) in [5.41, 5.74) is 0.